The standard InChI is InChI=1S/C26H27FN2O/c1-3-28(4-2)17-18-29-16-15-22-19-21(7-14-26(22)29)20-5-10-24(11-6-20)30-25-12-8-23(27)9-13-25/h5-16,19H,3-4,17-18H2,1-2H3. The van der Waals surface area contributed by atoms with Crippen LogP contribution in [0.4, 0.5) is 4.39 Å². The Kier molecular flexibility index (Phi) is 6.15. The number of hydrogen-bond donors (Lipinski definition) is 0. The van der Waals surface area contributed by atoms with Crippen LogP contribution in [0.25, 0.3) is 22.0 Å². The van der Waals surface area contributed by atoms with Crippen LogP contribution in [-0.4, -0.2) is 29.1 Å². The zero-order chi connectivity index (χ0) is 20.9. The van der Waals surface area contributed by atoms with Crippen molar-refractivity contribution in [2.24, 2.45) is 0 Å². The number of likely N-dealkylation sites (N-methyl/N-ethyl adjacent to an activating group) is 1. The summed E-state index contributed by atoms with van der Waals surface area (Å²) in [5.41, 5.74) is 3.58. The lowest BCUT2D eigenvalue weighted by molar-refractivity contribution is 0.292. The SMILES string of the molecule is CCN(CC)CCn1ccc2cc(-c3ccc(Oc4ccc(F)cc4)cc3)ccc21. The van der Waals surface area contributed by atoms with E-state index in [0.29, 0.717) is 5.75 Å². The van der Waals surface area contributed by atoms with E-state index in [0.717, 1.165) is 37.5 Å². The lowest BCUT2D eigenvalue weighted by atomic mass is 10.0. The van der Waals surface area contributed by atoms with Gasteiger partial charge in [-0.25, -0.2) is 4.39 Å². The molecule has 0 unspecified atom stereocenters. The van der Waals surface area contributed by atoms with Gasteiger partial charge in [-0.1, -0.05) is 32.0 Å². The minimum absolute atomic E-state index is 0.269. The van der Waals surface area contributed by atoms with Gasteiger partial charge in [-0.15, -0.1) is 0 Å². The molecule has 0 saturated heterocycles. The van der Waals surface area contributed by atoms with E-state index in [9.17, 15) is 4.39 Å². The Labute approximate surface area is 177 Å². The third-order valence-corrected chi connectivity index (χ3v) is 5.56. The number of nitrogens with zero attached hydrogens (tertiary/aromatic N) is 2. The normalized spacial score (nSPS) is 11.3. The summed E-state index contributed by atoms with van der Waals surface area (Å²) >= 11 is 0. The van der Waals surface area contributed by atoms with E-state index in [1.807, 2.05) is 12.1 Å². The van der Waals surface area contributed by atoms with E-state index < -0.39 is 0 Å². The van der Waals surface area contributed by atoms with Gasteiger partial charge in [0.05, 0.1) is 0 Å². The molecule has 0 spiro atoms. The second-order valence-electron chi connectivity index (χ2n) is 7.39. The molecule has 30 heavy (non-hydrogen) atoms. The molecule has 4 rings (SSSR count). The topological polar surface area (TPSA) is 17.4 Å². The number of ether oxygens (including phenoxy) is 1. The summed E-state index contributed by atoms with van der Waals surface area (Å²) < 4.78 is 21.1. The lowest BCUT2D eigenvalue weighted by Gasteiger charge is -2.18. The third kappa shape index (κ3) is 4.55. The Balaban J connectivity index is 1.48. The van der Waals surface area contributed by atoms with E-state index in [1.54, 1.807) is 12.1 Å². The molecule has 0 bridgehead atoms. The maximum Gasteiger partial charge on any atom is 0.127 e. The molecular formula is C26H27FN2O. The predicted octanol–water partition coefficient (Wildman–Crippen LogP) is 6.58. The van der Waals surface area contributed by atoms with E-state index in [-0.39, 0.29) is 5.82 Å². The van der Waals surface area contributed by atoms with Crippen molar-refractivity contribution in [3.05, 3.63) is 84.8 Å². The van der Waals surface area contributed by atoms with Crippen molar-refractivity contribution < 1.29 is 9.13 Å². The van der Waals surface area contributed by atoms with Crippen molar-refractivity contribution >= 4 is 10.9 Å². The van der Waals surface area contributed by atoms with Gasteiger partial charge in [0.25, 0.3) is 0 Å². The molecule has 0 amide bonds. The molecule has 0 aliphatic rings. The fourth-order valence-electron chi connectivity index (χ4n) is 3.72. The van der Waals surface area contributed by atoms with Gasteiger partial charge >= 0.3 is 0 Å². The molecule has 1 aromatic heterocycles. The van der Waals surface area contributed by atoms with Crippen molar-refractivity contribution in [2.75, 3.05) is 19.6 Å². The summed E-state index contributed by atoms with van der Waals surface area (Å²) in [5.74, 6) is 1.08. The largest absolute Gasteiger partial charge is 0.457 e. The van der Waals surface area contributed by atoms with Crippen molar-refractivity contribution in [1.82, 2.24) is 9.47 Å². The van der Waals surface area contributed by atoms with E-state index >= 15 is 0 Å². The average Bonchev–Trinajstić information content (AvgIpc) is 3.19. The molecule has 0 aliphatic heterocycles. The zero-order valence-electron chi connectivity index (χ0n) is 17.5. The maximum absolute atomic E-state index is 13.0. The molecule has 154 valence electrons. The first-order valence-corrected chi connectivity index (χ1v) is 10.5. The van der Waals surface area contributed by atoms with Gasteiger partial charge in [-0.05, 0) is 78.8 Å². The molecule has 4 aromatic rings. The Morgan fingerprint density at radius 1 is 0.800 bits per heavy atom. The monoisotopic (exact) mass is 402 g/mol. The summed E-state index contributed by atoms with van der Waals surface area (Å²) in [4.78, 5) is 2.44. The van der Waals surface area contributed by atoms with Gasteiger partial charge in [0.15, 0.2) is 0 Å². The number of aromatic nitrogens is 1. The fourth-order valence-corrected chi connectivity index (χ4v) is 3.72. The van der Waals surface area contributed by atoms with Crippen LogP contribution in [0, 0.1) is 5.82 Å². The Hall–Kier alpha value is -3.11. The van der Waals surface area contributed by atoms with Gasteiger partial charge in [0.2, 0.25) is 0 Å². The summed E-state index contributed by atoms with van der Waals surface area (Å²) in [6.07, 6.45) is 2.18. The molecule has 0 saturated carbocycles. The summed E-state index contributed by atoms with van der Waals surface area (Å²) in [7, 11) is 0. The highest BCUT2D eigenvalue weighted by molar-refractivity contribution is 5.85. The van der Waals surface area contributed by atoms with Crippen LogP contribution < -0.4 is 4.74 Å². The van der Waals surface area contributed by atoms with Crippen molar-refractivity contribution in [3.63, 3.8) is 0 Å². The highest BCUT2D eigenvalue weighted by atomic mass is 19.1. The van der Waals surface area contributed by atoms with Gasteiger partial charge in [0, 0.05) is 30.2 Å². The maximum atomic E-state index is 13.0. The average molecular weight is 403 g/mol. The van der Waals surface area contributed by atoms with Crippen molar-refractivity contribution in [1.29, 1.82) is 0 Å². The first-order valence-electron chi connectivity index (χ1n) is 10.5. The molecule has 4 heteroatoms. The van der Waals surface area contributed by atoms with Crippen LogP contribution in [-0.2, 0) is 6.54 Å². The molecule has 0 radical (unpaired) electrons. The number of hydrogen-bond acceptors (Lipinski definition) is 2. The van der Waals surface area contributed by atoms with E-state index in [1.165, 1.54) is 28.6 Å². The summed E-state index contributed by atoms with van der Waals surface area (Å²) in [6, 6.07) is 22.8. The molecule has 1 heterocycles. The van der Waals surface area contributed by atoms with Crippen LogP contribution in [0.3, 0.4) is 0 Å². The zero-order valence-corrected chi connectivity index (χ0v) is 17.5. The summed E-state index contributed by atoms with van der Waals surface area (Å²) in [5, 5.41) is 1.25. The van der Waals surface area contributed by atoms with Crippen LogP contribution in [0.2, 0.25) is 0 Å². The number of benzene rings is 3. The molecular weight excluding hydrogens is 375 g/mol. The van der Waals surface area contributed by atoms with Crippen LogP contribution in [0.15, 0.2) is 79.0 Å². The minimum Gasteiger partial charge on any atom is -0.457 e. The van der Waals surface area contributed by atoms with Crippen LogP contribution in [0.1, 0.15) is 13.8 Å². The number of rotatable bonds is 8. The molecule has 0 N–H and O–H groups in total. The predicted molar refractivity (Wildman–Crippen MR) is 122 cm³/mol. The van der Waals surface area contributed by atoms with Gasteiger partial charge in [0.1, 0.15) is 17.3 Å². The van der Waals surface area contributed by atoms with Gasteiger partial charge in [-0.3, -0.25) is 0 Å². The van der Waals surface area contributed by atoms with E-state index in [2.05, 4.69) is 65.9 Å². The van der Waals surface area contributed by atoms with Gasteiger partial charge in [-0.2, -0.15) is 0 Å². The highest BCUT2D eigenvalue weighted by Gasteiger charge is 2.06. The first kappa shape index (κ1) is 20.2. The lowest BCUT2D eigenvalue weighted by Crippen LogP contribution is -2.26. The third-order valence-electron chi connectivity index (χ3n) is 5.56. The van der Waals surface area contributed by atoms with Crippen molar-refractivity contribution in [2.45, 2.75) is 20.4 Å². The smallest absolute Gasteiger partial charge is 0.127 e. The Morgan fingerprint density at radius 2 is 1.43 bits per heavy atom. The quantitative estimate of drug-likeness (QED) is 0.331. The summed E-state index contributed by atoms with van der Waals surface area (Å²) in [6.45, 7) is 8.65. The molecule has 3 aromatic carbocycles. The highest BCUT2D eigenvalue weighted by Crippen LogP contribution is 2.28. The number of fused-ring (bicyclic) bond motifs is 1. The fraction of sp³-hybridized carbons (Fsp3) is 0.231. The molecule has 0 fully saturated rings. The molecule has 3 nitrogen and oxygen atoms in total. The van der Waals surface area contributed by atoms with Crippen molar-refractivity contribution in [3.8, 4) is 22.6 Å². The molecule has 0 aliphatic carbocycles. The molecule has 0 atom stereocenters. The first-order chi connectivity index (χ1) is 14.7. The van der Waals surface area contributed by atoms with Gasteiger partial charge < -0.3 is 14.2 Å². The Morgan fingerprint density at radius 3 is 2.10 bits per heavy atom. The Bertz CT molecular complexity index is 1100. The second-order valence-corrected chi connectivity index (χ2v) is 7.39. The minimum atomic E-state index is -0.269. The van der Waals surface area contributed by atoms with E-state index in [4.69, 9.17) is 4.74 Å². The number of halogens is 1. The van der Waals surface area contributed by atoms with Crippen LogP contribution >= 0.6 is 0 Å². The second kappa shape index (κ2) is 9.14. The van der Waals surface area contributed by atoms with Crippen LogP contribution in [0.5, 0.6) is 11.5 Å².